The number of nitrogens with one attached hydrogen (secondary N) is 1. The lowest BCUT2D eigenvalue weighted by atomic mass is 10.1. The average Bonchev–Trinajstić information content (AvgIpc) is 2.73. The van der Waals surface area contributed by atoms with Gasteiger partial charge in [-0.1, -0.05) is 34.1 Å². The number of rotatable bonds is 6. The Morgan fingerprint density at radius 3 is 2.30 bits per heavy atom. The zero-order chi connectivity index (χ0) is 21.6. The van der Waals surface area contributed by atoms with E-state index in [-0.39, 0.29) is 12.6 Å². The van der Waals surface area contributed by atoms with Crippen LogP contribution in [-0.2, 0) is 19.1 Å². The van der Waals surface area contributed by atoms with E-state index >= 15 is 0 Å². The van der Waals surface area contributed by atoms with Crippen molar-refractivity contribution in [2.24, 2.45) is 0 Å². The maximum atomic E-state index is 12.9. The molecule has 1 heterocycles. The van der Waals surface area contributed by atoms with Crippen LogP contribution in [0, 0.1) is 0 Å². The van der Waals surface area contributed by atoms with Crippen LogP contribution in [-0.4, -0.2) is 22.5 Å². The van der Waals surface area contributed by atoms with Gasteiger partial charge in [0.25, 0.3) is 0 Å². The first-order chi connectivity index (χ1) is 14.3. The minimum atomic E-state index is -4.39. The zero-order valence-corrected chi connectivity index (χ0v) is 17.5. The fourth-order valence-corrected chi connectivity index (χ4v) is 3.07. The van der Waals surface area contributed by atoms with Gasteiger partial charge < -0.3 is 10.2 Å². The molecule has 0 fully saturated rings. The maximum absolute atomic E-state index is 12.9. The van der Waals surface area contributed by atoms with E-state index in [1.54, 1.807) is 23.2 Å². The topological polar surface area (TPSA) is 45.2 Å². The van der Waals surface area contributed by atoms with Crippen molar-refractivity contribution >= 4 is 27.6 Å². The second-order valence-corrected chi connectivity index (χ2v) is 7.54. The number of urea groups is 1. The van der Waals surface area contributed by atoms with Gasteiger partial charge in [0.2, 0.25) is 0 Å². The summed E-state index contributed by atoms with van der Waals surface area (Å²) in [5.74, 6) is 0. The molecule has 0 aliphatic heterocycles. The molecule has 0 bridgehead atoms. The monoisotopic (exact) mass is 477 g/mol. The number of amides is 2. The summed E-state index contributed by atoms with van der Waals surface area (Å²) in [4.78, 5) is 18.7. The molecule has 0 saturated carbocycles. The fraction of sp³-hybridized carbons (Fsp3) is 0.182. The highest BCUT2D eigenvalue weighted by molar-refractivity contribution is 9.10. The average molecular weight is 478 g/mol. The summed E-state index contributed by atoms with van der Waals surface area (Å²) in [6.07, 6.45) is -2.19. The molecule has 3 aromatic rings. The van der Waals surface area contributed by atoms with Crippen molar-refractivity contribution in [2.75, 3.05) is 11.9 Å². The molecule has 0 radical (unpaired) electrons. The molecule has 0 unspecified atom stereocenters. The minimum absolute atomic E-state index is 0.174. The number of halogens is 4. The van der Waals surface area contributed by atoms with Crippen LogP contribution in [0.1, 0.15) is 16.8 Å². The predicted molar refractivity (Wildman–Crippen MR) is 113 cm³/mol. The molecular formula is C22H19BrF3N3O. The molecule has 0 atom stereocenters. The Morgan fingerprint density at radius 1 is 1.00 bits per heavy atom. The molecule has 2 aromatic carbocycles. The van der Waals surface area contributed by atoms with Crippen molar-refractivity contribution in [3.63, 3.8) is 0 Å². The van der Waals surface area contributed by atoms with Crippen LogP contribution in [0.2, 0.25) is 0 Å². The number of hydrogen-bond acceptors (Lipinski definition) is 2. The molecule has 30 heavy (non-hydrogen) atoms. The number of nitrogens with zero attached hydrogens (tertiary/aromatic N) is 2. The van der Waals surface area contributed by atoms with Gasteiger partial charge in [-0.05, 0) is 54.1 Å². The van der Waals surface area contributed by atoms with Crippen molar-refractivity contribution < 1.29 is 18.0 Å². The van der Waals surface area contributed by atoms with Crippen LogP contribution in [0.3, 0.4) is 0 Å². The highest BCUT2D eigenvalue weighted by Crippen LogP contribution is 2.29. The molecule has 0 aliphatic rings. The second kappa shape index (κ2) is 9.75. The first-order valence-corrected chi connectivity index (χ1v) is 9.98. The molecule has 0 spiro atoms. The van der Waals surface area contributed by atoms with E-state index in [2.05, 4.69) is 26.2 Å². The van der Waals surface area contributed by atoms with Crippen molar-refractivity contribution in [3.8, 4) is 0 Å². The van der Waals surface area contributed by atoms with Gasteiger partial charge in [0.1, 0.15) is 0 Å². The van der Waals surface area contributed by atoms with E-state index in [4.69, 9.17) is 0 Å². The Labute approximate surface area is 180 Å². The summed E-state index contributed by atoms with van der Waals surface area (Å²) in [5, 5.41) is 2.83. The lowest BCUT2D eigenvalue weighted by Crippen LogP contribution is -2.36. The van der Waals surface area contributed by atoms with E-state index in [1.807, 2.05) is 30.3 Å². The number of alkyl halides is 3. The number of carbonyl (C=O) groups is 1. The SMILES string of the molecule is O=C(Nc1ccc(Br)cc1)N(CCc1ccccn1)Cc1ccc(C(F)(F)F)cc1. The maximum Gasteiger partial charge on any atom is 0.416 e. The summed E-state index contributed by atoms with van der Waals surface area (Å²) in [5.41, 5.74) is 1.34. The van der Waals surface area contributed by atoms with Gasteiger partial charge in [-0.25, -0.2) is 4.79 Å². The number of carbonyl (C=O) groups excluding carboxylic acids is 1. The van der Waals surface area contributed by atoms with Gasteiger partial charge in [0.15, 0.2) is 0 Å². The van der Waals surface area contributed by atoms with Gasteiger partial charge in [-0.2, -0.15) is 13.2 Å². The van der Waals surface area contributed by atoms with E-state index in [0.29, 0.717) is 24.2 Å². The highest BCUT2D eigenvalue weighted by Gasteiger charge is 2.30. The predicted octanol–water partition coefficient (Wildman–Crippen LogP) is 6.14. The lowest BCUT2D eigenvalue weighted by molar-refractivity contribution is -0.137. The van der Waals surface area contributed by atoms with Gasteiger partial charge in [0, 0.05) is 41.6 Å². The van der Waals surface area contributed by atoms with Gasteiger partial charge in [-0.15, -0.1) is 0 Å². The van der Waals surface area contributed by atoms with Gasteiger partial charge >= 0.3 is 12.2 Å². The molecular weight excluding hydrogens is 459 g/mol. The molecule has 1 aromatic heterocycles. The Hall–Kier alpha value is -2.87. The Kier molecular flexibility index (Phi) is 7.10. The van der Waals surface area contributed by atoms with Gasteiger partial charge in [-0.3, -0.25) is 4.98 Å². The van der Waals surface area contributed by atoms with Crippen LogP contribution in [0.15, 0.2) is 77.4 Å². The molecule has 8 heteroatoms. The smallest absolute Gasteiger partial charge is 0.320 e. The molecule has 0 saturated heterocycles. The summed E-state index contributed by atoms with van der Waals surface area (Å²) < 4.78 is 39.3. The lowest BCUT2D eigenvalue weighted by Gasteiger charge is -2.23. The molecule has 0 aliphatic carbocycles. The summed E-state index contributed by atoms with van der Waals surface area (Å²) in [6, 6.07) is 17.2. The van der Waals surface area contributed by atoms with Crippen LogP contribution in [0.4, 0.5) is 23.7 Å². The Balaban J connectivity index is 1.74. The third-order valence-electron chi connectivity index (χ3n) is 4.40. The molecule has 1 N–H and O–H groups in total. The van der Waals surface area contributed by atoms with Gasteiger partial charge in [0.05, 0.1) is 5.56 Å². The molecule has 156 valence electrons. The molecule has 3 rings (SSSR count). The number of aromatic nitrogens is 1. The number of pyridine rings is 1. The summed E-state index contributed by atoms with van der Waals surface area (Å²) >= 11 is 3.35. The highest BCUT2D eigenvalue weighted by atomic mass is 79.9. The standard InChI is InChI=1S/C22H19BrF3N3O/c23-18-8-10-20(11-9-18)28-21(30)29(14-12-19-3-1-2-13-27-19)15-16-4-6-17(7-5-16)22(24,25)26/h1-11,13H,12,14-15H2,(H,28,30). The van der Waals surface area contributed by atoms with Crippen molar-refractivity contribution in [1.82, 2.24) is 9.88 Å². The molecule has 2 amide bonds. The Bertz CT molecular complexity index is 962. The zero-order valence-electron chi connectivity index (χ0n) is 15.9. The number of hydrogen-bond donors (Lipinski definition) is 1. The largest absolute Gasteiger partial charge is 0.416 e. The first-order valence-electron chi connectivity index (χ1n) is 9.19. The summed E-state index contributed by atoms with van der Waals surface area (Å²) in [7, 11) is 0. The van der Waals surface area contributed by atoms with E-state index in [1.165, 1.54) is 12.1 Å². The van der Waals surface area contributed by atoms with E-state index in [9.17, 15) is 18.0 Å². The number of anilines is 1. The summed E-state index contributed by atoms with van der Waals surface area (Å²) in [6.45, 7) is 0.535. The second-order valence-electron chi connectivity index (χ2n) is 6.62. The van der Waals surface area contributed by atoms with E-state index < -0.39 is 11.7 Å². The minimum Gasteiger partial charge on any atom is -0.320 e. The van der Waals surface area contributed by atoms with Crippen molar-refractivity contribution in [1.29, 1.82) is 0 Å². The van der Waals surface area contributed by atoms with Crippen molar-refractivity contribution in [3.05, 3.63) is 94.2 Å². The fourth-order valence-electron chi connectivity index (χ4n) is 2.80. The first kappa shape index (κ1) is 21.8. The van der Waals surface area contributed by atoms with Crippen LogP contribution in [0.25, 0.3) is 0 Å². The van der Waals surface area contributed by atoms with E-state index in [0.717, 1.165) is 22.3 Å². The third kappa shape index (κ3) is 6.32. The van der Waals surface area contributed by atoms with Crippen LogP contribution < -0.4 is 5.32 Å². The Morgan fingerprint density at radius 2 is 1.70 bits per heavy atom. The number of benzene rings is 2. The molecule has 4 nitrogen and oxygen atoms in total. The van der Waals surface area contributed by atoms with Crippen LogP contribution in [0.5, 0.6) is 0 Å². The van der Waals surface area contributed by atoms with Crippen molar-refractivity contribution in [2.45, 2.75) is 19.1 Å². The van der Waals surface area contributed by atoms with Crippen LogP contribution >= 0.6 is 15.9 Å². The quantitative estimate of drug-likeness (QED) is 0.463. The third-order valence-corrected chi connectivity index (χ3v) is 4.93. The normalized spacial score (nSPS) is 11.2.